The summed E-state index contributed by atoms with van der Waals surface area (Å²) in [6.45, 7) is 3.77. The van der Waals surface area contributed by atoms with Crippen molar-refractivity contribution in [1.82, 2.24) is 9.55 Å². The fraction of sp³-hybridized carbons (Fsp3) is 0.100. The quantitative estimate of drug-likeness (QED) is 0.678. The SMILES string of the molecule is C=Cn1c(SC)nc2ccccc21. The van der Waals surface area contributed by atoms with Crippen LogP contribution in [-0.2, 0) is 0 Å². The van der Waals surface area contributed by atoms with Crippen LogP contribution in [0.3, 0.4) is 0 Å². The van der Waals surface area contributed by atoms with E-state index in [1.165, 1.54) is 0 Å². The summed E-state index contributed by atoms with van der Waals surface area (Å²) in [5.41, 5.74) is 2.13. The van der Waals surface area contributed by atoms with Gasteiger partial charge in [0.15, 0.2) is 5.16 Å². The van der Waals surface area contributed by atoms with Crippen LogP contribution in [-0.4, -0.2) is 15.8 Å². The van der Waals surface area contributed by atoms with Crippen molar-refractivity contribution >= 4 is 29.0 Å². The van der Waals surface area contributed by atoms with Crippen molar-refractivity contribution in [3.63, 3.8) is 0 Å². The number of aromatic nitrogens is 2. The maximum Gasteiger partial charge on any atom is 0.172 e. The predicted molar refractivity (Wildman–Crippen MR) is 57.9 cm³/mol. The second kappa shape index (κ2) is 3.26. The average molecular weight is 190 g/mol. The summed E-state index contributed by atoms with van der Waals surface area (Å²) in [5, 5.41) is 0.983. The van der Waals surface area contributed by atoms with E-state index in [1.807, 2.05) is 35.1 Å². The Kier molecular flexibility index (Phi) is 2.10. The van der Waals surface area contributed by atoms with Crippen LogP contribution >= 0.6 is 11.8 Å². The van der Waals surface area contributed by atoms with Gasteiger partial charge in [-0.05, 0) is 18.4 Å². The summed E-state index contributed by atoms with van der Waals surface area (Å²) in [7, 11) is 0. The number of benzene rings is 1. The Morgan fingerprint density at radius 1 is 1.46 bits per heavy atom. The van der Waals surface area contributed by atoms with Crippen molar-refractivity contribution in [2.45, 2.75) is 5.16 Å². The summed E-state index contributed by atoms with van der Waals surface area (Å²) >= 11 is 1.63. The van der Waals surface area contributed by atoms with Crippen LogP contribution in [0.2, 0.25) is 0 Å². The number of nitrogens with zero attached hydrogens (tertiary/aromatic N) is 2. The first-order chi connectivity index (χ1) is 6.36. The fourth-order valence-corrected chi connectivity index (χ4v) is 1.90. The molecule has 0 unspecified atom stereocenters. The number of imidazole rings is 1. The van der Waals surface area contributed by atoms with E-state index >= 15 is 0 Å². The zero-order valence-corrected chi connectivity index (χ0v) is 8.21. The minimum atomic E-state index is 0.983. The van der Waals surface area contributed by atoms with E-state index in [-0.39, 0.29) is 0 Å². The molecule has 0 spiro atoms. The van der Waals surface area contributed by atoms with Crippen molar-refractivity contribution in [2.75, 3.05) is 6.26 Å². The van der Waals surface area contributed by atoms with Crippen LogP contribution in [0.5, 0.6) is 0 Å². The number of rotatable bonds is 2. The highest BCUT2D eigenvalue weighted by molar-refractivity contribution is 7.98. The van der Waals surface area contributed by atoms with Gasteiger partial charge in [0.25, 0.3) is 0 Å². The van der Waals surface area contributed by atoms with Gasteiger partial charge < -0.3 is 0 Å². The Morgan fingerprint density at radius 2 is 2.23 bits per heavy atom. The van der Waals surface area contributed by atoms with Gasteiger partial charge >= 0.3 is 0 Å². The molecule has 1 aromatic heterocycles. The Bertz CT molecular complexity index is 445. The molecule has 0 fully saturated rings. The molecule has 2 rings (SSSR count). The van der Waals surface area contributed by atoms with Crippen LogP contribution in [0.1, 0.15) is 0 Å². The second-order valence-corrected chi connectivity index (χ2v) is 3.41. The molecule has 0 radical (unpaired) electrons. The number of fused-ring (bicyclic) bond motifs is 1. The maximum atomic E-state index is 4.46. The molecular weight excluding hydrogens is 180 g/mol. The van der Waals surface area contributed by atoms with Gasteiger partial charge in [-0.2, -0.15) is 0 Å². The summed E-state index contributed by atoms with van der Waals surface area (Å²) in [6.07, 6.45) is 3.81. The van der Waals surface area contributed by atoms with Crippen molar-refractivity contribution in [1.29, 1.82) is 0 Å². The van der Waals surface area contributed by atoms with Gasteiger partial charge in [-0.3, -0.25) is 4.57 Å². The molecule has 0 atom stereocenters. The number of thioether (sulfide) groups is 1. The van der Waals surface area contributed by atoms with Crippen LogP contribution < -0.4 is 0 Å². The normalized spacial score (nSPS) is 10.5. The lowest BCUT2D eigenvalue weighted by Crippen LogP contribution is -1.86. The van der Waals surface area contributed by atoms with E-state index in [1.54, 1.807) is 18.0 Å². The van der Waals surface area contributed by atoms with Crippen LogP contribution in [0.4, 0.5) is 0 Å². The Hall–Kier alpha value is -1.22. The lowest BCUT2D eigenvalue weighted by atomic mass is 10.3. The van der Waals surface area contributed by atoms with Gasteiger partial charge in [-0.1, -0.05) is 30.5 Å². The molecule has 2 nitrogen and oxygen atoms in total. The molecule has 66 valence electrons. The van der Waals surface area contributed by atoms with Gasteiger partial charge in [-0.15, -0.1) is 0 Å². The summed E-state index contributed by atoms with van der Waals surface area (Å²) in [6, 6.07) is 8.06. The molecule has 2 aromatic rings. The van der Waals surface area contributed by atoms with E-state index in [4.69, 9.17) is 0 Å². The molecule has 0 aliphatic heterocycles. The zero-order chi connectivity index (χ0) is 9.26. The van der Waals surface area contributed by atoms with Crippen LogP contribution in [0, 0.1) is 0 Å². The Balaban J connectivity index is 2.81. The highest BCUT2D eigenvalue weighted by atomic mass is 32.2. The van der Waals surface area contributed by atoms with E-state index in [2.05, 4.69) is 11.6 Å². The van der Waals surface area contributed by atoms with Crippen molar-refractivity contribution in [2.24, 2.45) is 0 Å². The number of hydrogen-bond donors (Lipinski definition) is 0. The van der Waals surface area contributed by atoms with Crippen molar-refractivity contribution in [3.8, 4) is 0 Å². The van der Waals surface area contributed by atoms with Crippen LogP contribution in [0.25, 0.3) is 17.2 Å². The predicted octanol–water partition coefficient (Wildman–Crippen LogP) is 2.86. The minimum absolute atomic E-state index is 0.983. The average Bonchev–Trinajstić information content (AvgIpc) is 2.55. The second-order valence-electron chi connectivity index (χ2n) is 2.64. The molecule has 0 aliphatic rings. The molecule has 0 saturated carbocycles. The molecule has 3 heteroatoms. The highest BCUT2D eigenvalue weighted by Gasteiger charge is 2.05. The topological polar surface area (TPSA) is 17.8 Å². The van der Waals surface area contributed by atoms with Crippen molar-refractivity contribution in [3.05, 3.63) is 30.8 Å². The summed E-state index contributed by atoms with van der Waals surface area (Å²) in [4.78, 5) is 4.46. The number of para-hydroxylation sites is 2. The lowest BCUT2D eigenvalue weighted by molar-refractivity contribution is 0.972. The van der Waals surface area contributed by atoms with E-state index in [0.717, 1.165) is 16.2 Å². The van der Waals surface area contributed by atoms with Crippen LogP contribution in [0.15, 0.2) is 36.0 Å². The molecular formula is C10H10N2S. The maximum absolute atomic E-state index is 4.46. The fourth-order valence-electron chi connectivity index (χ4n) is 1.34. The third-order valence-corrected chi connectivity index (χ3v) is 2.58. The summed E-state index contributed by atoms with van der Waals surface area (Å²) < 4.78 is 2.00. The molecule has 0 N–H and O–H groups in total. The Morgan fingerprint density at radius 3 is 2.92 bits per heavy atom. The highest BCUT2D eigenvalue weighted by Crippen LogP contribution is 2.21. The molecule has 1 heterocycles. The van der Waals surface area contributed by atoms with Gasteiger partial charge in [0.05, 0.1) is 11.0 Å². The van der Waals surface area contributed by atoms with Gasteiger partial charge in [0.1, 0.15) is 0 Å². The number of hydrogen-bond acceptors (Lipinski definition) is 2. The van der Waals surface area contributed by atoms with Gasteiger partial charge in [-0.25, -0.2) is 4.98 Å². The summed E-state index contributed by atoms with van der Waals surface area (Å²) in [5.74, 6) is 0. The first-order valence-electron chi connectivity index (χ1n) is 4.00. The third-order valence-electron chi connectivity index (χ3n) is 1.93. The lowest BCUT2D eigenvalue weighted by Gasteiger charge is -1.97. The van der Waals surface area contributed by atoms with Crippen molar-refractivity contribution < 1.29 is 0 Å². The van der Waals surface area contributed by atoms with E-state index in [9.17, 15) is 0 Å². The first-order valence-corrected chi connectivity index (χ1v) is 5.23. The molecule has 0 amide bonds. The molecule has 0 aliphatic carbocycles. The van der Waals surface area contributed by atoms with Gasteiger partial charge in [0, 0.05) is 6.20 Å². The van der Waals surface area contributed by atoms with E-state index < -0.39 is 0 Å². The van der Waals surface area contributed by atoms with Gasteiger partial charge in [0.2, 0.25) is 0 Å². The third kappa shape index (κ3) is 1.25. The Labute approximate surface area is 81.3 Å². The minimum Gasteiger partial charge on any atom is -0.295 e. The molecule has 13 heavy (non-hydrogen) atoms. The monoisotopic (exact) mass is 190 g/mol. The van der Waals surface area contributed by atoms with E-state index in [0.29, 0.717) is 0 Å². The zero-order valence-electron chi connectivity index (χ0n) is 7.40. The first kappa shape index (κ1) is 8.38. The smallest absolute Gasteiger partial charge is 0.172 e. The standard InChI is InChI=1S/C10H10N2S/c1-3-12-9-7-5-4-6-8(9)11-10(12)13-2/h3-7H,1H2,2H3. The molecule has 0 saturated heterocycles. The largest absolute Gasteiger partial charge is 0.295 e. The molecule has 0 bridgehead atoms. The molecule has 1 aromatic carbocycles.